The van der Waals surface area contributed by atoms with E-state index in [4.69, 9.17) is 14.2 Å². The maximum absolute atomic E-state index is 12.9. The molecule has 0 aromatic rings. The molecule has 0 N–H and O–H groups in total. The Morgan fingerprint density at radius 2 is 0.549 bits per heavy atom. The van der Waals surface area contributed by atoms with E-state index in [1.165, 1.54) is 128 Å². The quantitative estimate of drug-likeness (QED) is 0.0261. The first-order chi connectivity index (χ1) is 35.0. The second-order valence-corrected chi connectivity index (χ2v) is 19.5. The van der Waals surface area contributed by atoms with Crippen molar-refractivity contribution in [2.75, 3.05) is 13.2 Å². The van der Waals surface area contributed by atoms with Crippen LogP contribution in [0.2, 0.25) is 0 Å². The number of carbonyl (C=O) groups is 3. The van der Waals surface area contributed by atoms with E-state index in [9.17, 15) is 14.4 Å². The minimum Gasteiger partial charge on any atom is -0.462 e. The van der Waals surface area contributed by atoms with Crippen molar-refractivity contribution in [3.63, 3.8) is 0 Å². The number of esters is 3. The van der Waals surface area contributed by atoms with Crippen LogP contribution in [0, 0.1) is 0 Å². The highest BCUT2D eigenvalue weighted by Crippen LogP contribution is 2.16. The first kappa shape index (κ1) is 67.3. The van der Waals surface area contributed by atoms with Crippen LogP contribution in [0.1, 0.15) is 278 Å². The second kappa shape index (κ2) is 58.9. The lowest BCUT2D eigenvalue weighted by atomic mass is 10.0. The minimum absolute atomic E-state index is 0.106. The van der Waals surface area contributed by atoms with Crippen LogP contribution in [0.25, 0.3) is 0 Å². The van der Waals surface area contributed by atoms with Crippen molar-refractivity contribution in [1.29, 1.82) is 0 Å². The Bertz CT molecular complexity index is 1410. The molecule has 6 heteroatoms. The molecule has 0 radical (unpaired) electrons. The fourth-order valence-corrected chi connectivity index (χ4v) is 8.12. The minimum atomic E-state index is -0.807. The summed E-state index contributed by atoms with van der Waals surface area (Å²) in [6.07, 6.45) is 78.3. The first-order valence-corrected chi connectivity index (χ1v) is 29.7. The molecule has 0 heterocycles. The lowest BCUT2D eigenvalue weighted by molar-refractivity contribution is -0.167. The molecular formula is C65H110O6. The molecule has 1 atom stereocenters. The summed E-state index contributed by atoms with van der Waals surface area (Å²) < 4.78 is 16.8. The Balaban J connectivity index is 4.47. The molecule has 0 aliphatic carbocycles. The average Bonchev–Trinajstić information content (AvgIpc) is 3.37. The molecule has 0 aromatic carbocycles. The van der Waals surface area contributed by atoms with Crippen LogP contribution in [0.4, 0.5) is 0 Å². The fraction of sp³-hybridized carbons (Fsp3) is 0.708. The Kier molecular flexibility index (Phi) is 55.9. The predicted molar refractivity (Wildman–Crippen MR) is 307 cm³/mol. The van der Waals surface area contributed by atoms with Gasteiger partial charge in [0, 0.05) is 19.3 Å². The van der Waals surface area contributed by atoms with Crippen molar-refractivity contribution in [3.8, 4) is 0 Å². The lowest BCUT2D eigenvalue weighted by Gasteiger charge is -2.18. The summed E-state index contributed by atoms with van der Waals surface area (Å²) in [7, 11) is 0. The van der Waals surface area contributed by atoms with Gasteiger partial charge in [-0.15, -0.1) is 0 Å². The molecule has 71 heavy (non-hydrogen) atoms. The Hall–Kier alpha value is -3.67. The molecule has 0 amide bonds. The summed E-state index contributed by atoms with van der Waals surface area (Å²) in [5.74, 6) is -0.966. The summed E-state index contributed by atoms with van der Waals surface area (Å²) in [4.78, 5) is 38.2. The summed E-state index contributed by atoms with van der Waals surface area (Å²) in [6.45, 7) is 6.46. The summed E-state index contributed by atoms with van der Waals surface area (Å²) in [6, 6.07) is 0. The van der Waals surface area contributed by atoms with Gasteiger partial charge >= 0.3 is 17.9 Å². The number of hydrogen-bond acceptors (Lipinski definition) is 6. The molecule has 0 spiro atoms. The summed E-state index contributed by atoms with van der Waals surface area (Å²) >= 11 is 0. The molecule has 0 unspecified atom stereocenters. The van der Waals surface area contributed by atoms with Crippen molar-refractivity contribution in [2.45, 2.75) is 284 Å². The normalized spacial score (nSPS) is 12.8. The number of allylic oxidation sites excluding steroid dienone is 16. The van der Waals surface area contributed by atoms with Crippen LogP contribution in [0.5, 0.6) is 0 Å². The molecule has 0 saturated carbocycles. The van der Waals surface area contributed by atoms with Gasteiger partial charge in [0.05, 0.1) is 0 Å². The zero-order valence-corrected chi connectivity index (χ0v) is 46.5. The molecule has 406 valence electrons. The van der Waals surface area contributed by atoms with Gasteiger partial charge < -0.3 is 14.2 Å². The zero-order valence-electron chi connectivity index (χ0n) is 46.5. The van der Waals surface area contributed by atoms with Crippen LogP contribution in [0.3, 0.4) is 0 Å². The van der Waals surface area contributed by atoms with Crippen LogP contribution in [-0.4, -0.2) is 37.2 Å². The average molecular weight is 988 g/mol. The highest BCUT2D eigenvalue weighted by Gasteiger charge is 2.19. The van der Waals surface area contributed by atoms with E-state index < -0.39 is 6.10 Å². The topological polar surface area (TPSA) is 78.9 Å². The predicted octanol–water partition coefficient (Wildman–Crippen LogP) is 20.1. The van der Waals surface area contributed by atoms with E-state index >= 15 is 0 Å². The largest absolute Gasteiger partial charge is 0.462 e. The van der Waals surface area contributed by atoms with Gasteiger partial charge in [0.2, 0.25) is 0 Å². The van der Waals surface area contributed by atoms with Crippen LogP contribution < -0.4 is 0 Å². The summed E-state index contributed by atoms with van der Waals surface area (Å²) in [5, 5.41) is 0. The highest BCUT2D eigenvalue weighted by atomic mass is 16.6. The van der Waals surface area contributed by atoms with Crippen molar-refractivity contribution in [1.82, 2.24) is 0 Å². The number of carbonyl (C=O) groups excluding carboxylic acids is 3. The second-order valence-electron chi connectivity index (χ2n) is 19.5. The van der Waals surface area contributed by atoms with E-state index in [0.29, 0.717) is 19.3 Å². The van der Waals surface area contributed by atoms with Crippen LogP contribution in [-0.2, 0) is 28.6 Å². The van der Waals surface area contributed by atoms with Crippen LogP contribution in [0.15, 0.2) is 97.2 Å². The number of rotatable bonds is 53. The lowest BCUT2D eigenvalue weighted by Crippen LogP contribution is -2.30. The third-order valence-electron chi connectivity index (χ3n) is 12.6. The third-order valence-corrected chi connectivity index (χ3v) is 12.6. The number of hydrogen-bond donors (Lipinski definition) is 0. The smallest absolute Gasteiger partial charge is 0.306 e. The summed E-state index contributed by atoms with van der Waals surface area (Å²) in [5.41, 5.74) is 0. The van der Waals surface area contributed by atoms with Gasteiger partial charge in [0.15, 0.2) is 6.10 Å². The van der Waals surface area contributed by atoms with Gasteiger partial charge in [-0.3, -0.25) is 14.4 Å². The van der Waals surface area contributed by atoms with Crippen molar-refractivity contribution < 1.29 is 28.6 Å². The van der Waals surface area contributed by atoms with Crippen LogP contribution >= 0.6 is 0 Å². The van der Waals surface area contributed by atoms with E-state index in [1.807, 2.05) is 0 Å². The SMILES string of the molecule is CC/C=C\C/C=C\C/C=C\C/C=C\C/C=C\CCCCCC(=O)OC[C@H](COC(=O)CCCC/C=C\C/C=C\C/C=C\CCCCC)OC(=O)CCCCCCCCCCCCCCCCCCCCC. The number of unbranched alkanes of at least 4 members (excludes halogenated alkanes) is 26. The molecule has 0 fully saturated rings. The van der Waals surface area contributed by atoms with E-state index in [0.717, 1.165) is 109 Å². The third kappa shape index (κ3) is 57.1. The van der Waals surface area contributed by atoms with Crippen molar-refractivity contribution in [2.24, 2.45) is 0 Å². The Labute approximate surface area is 438 Å². The van der Waals surface area contributed by atoms with E-state index in [1.54, 1.807) is 0 Å². The van der Waals surface area contributed by atoms with Gasteiger partial charge in [-0.25, -0.2) is 0 Å². The molecule has 0 aliphatic heterocycles. The Morgan fingerprint density at radius 1 is 0.296 bits per heavy atom. The molecule has 0 rings (SSSR count). The molecule has 0 bridgehead atoms. The fourth-order valence-electron chi connectivity index (χ4n) is 8.12. The maximum atomic E-state index is 12.9. The standard InChI is InChI=1S/C65H110O6/c1-4-7-10-13-16-19-22-25-28-30-32-34-37-40-43-46-49-52-55-58-64(67)70-61-62(60-69-63(66)57-54-51-48-45-42-39-36-27-24-21-18-15-12-9-6-3)71-65(68)59-56-53-50-47-44-41-38-35-33-31-29-26-23-20-17-14-11-8-5-2/h7,10,16,18-19,21,25,27-28,32,34,36,40,42-43,45,62H,4-6,8-9,11-15,17,20,22-24,26,29-31,33,35,37-39,41,44,46-61H2,1-3H3/b10-7-,19-16-,21-18-,28-25-,34-32-,36-27-,43-40-,45-42-/t62-/m0/s1. The molecule has 0 aliphatic rings. The van der Waals surface area contributed by atoms with Gasteiger partial charge in [0.25, 0.3) is 0 Å². The molecule has 6 nitrogen and oxygen atoms in total. The number of ether oxygens (including phenoxy) is 3. The zero-order chi connectivity index (χ0) is 51.4. The van der Waals surface area contributed by atoms with Gasteiger partial charge in [-0.05, 0) is 103 Å². The molecular weight excluding hydrogens is 877 g/mol. The Morgan fingerprint density at radius 3 is 0.915 bits per heavy atom. The van der Waals surface area contributed by atoms with Gasteiger partial charge in [0.1, 0.15) is 13.2 Å². The molecule has 0 saturated heterocycles. The highest BCUT2D eigenvalue weighted by molar-refractivity contribution is 5.71. The van der Waals surface area contributed by atoms with Gasteiger partial charge in [-0.1, -0.05) is 253 Å². The maximum Gasteiger partial charge on any atom is 0.306 e. The monoisotopic (exact) mass is 987 g/mol. The molecule has 0 aromatic heterocycles. The van der Waals surface area contributed by atoms with Gasteiger partial charge in [-0.2, -0.15) is 0 Å². The van der Waals surface area contributed by atoms with E-state index in [2.05, 4.69) is 118 Å². The van der Waals surface area contributed by atoms with E-state index in [-0.39, 0.29) is 31.1 Å². The van der Waals surface area contributed by atoms with Crippen molar-refractivity contribution >= 4 is 17.9 Å². The van der Waals surface area contributed by atoms with Crippen molar-refractivity contribution in [3.05, 3.63) is 97.2 Å². The first-order valence-electron chi connectivity index (χ1n) is 29.7.